The number of hydrogen-bond donors (Lipinski definition) is 1. The Balaban J connectivity index is 1.48. The molecular weight excluding hydrogens is 463 g/mol. The lowest BCUT2D eigenvalue weighted by Crippen LogP contribution is -2.32. The fourth-order valence-electron chi connectivity index (χ4n) is 4.75. The Morgan fingerprint density at radius 3 is 2.76 bits per heavy atom. The number of fused-ring (bicyclic) bond motifs is 2. The molecule has 1 N–H and O–H groups in total. The van der Waals surface area contributed by atoms with Crippen LogP contribution in [0.15, 0.2) is 62.8 Å². The zero-order chi connectivity index (χ0) is 23.2. The third-order valence-electron chi connectivity index (χ3n) is 6.99. The molecule has 2 aromatic carbocycles. The highest BCUT2D eigenvalue weighted by Gasteiger charge is 2.50. The largest absolute Gasteiger partial charge is 0.473 e. The highest BCUT2D eigenvalue weighted by molar-refractivity contribution is 7.98. The number of hydrogen-bond acceptors (Lipinski definition) is 5. The average Bonchev–Trinajstić information content (AvgIpc) is 3.63. The van der Waals surface area contributed by atoms with Crippen molar-refractivity contribution >= 4 is 21.2 Å². The molecule has 2 aliphatic rings. The van der Waals surface area contributed by atoms with Crippen molar-refractivity contribution < 1.29 is 17.7 Å². The van der Waals surface area contributed by atoms with E-state index in [2.05, 4.69) is 14.8 Å². The number of halogens is 2. The molecule has 0 amide bonds. The molecule has 1 aliphatic heterocycles. The molecule has 0 bridgehead atoms. The van der Waals surface area contributed by atoms with E-state index < -0.39 is 11.6 Å². The monoisotopic (exact) mass is 487 g/mol. The first-order valence-corrected chi connectivity index (χ1v) is 12.3. The highest BCUT2D eigenvalue weighted by Crippen LogP contribution is 2.57. The van der Waals surface area contributed by atoms with Crippen molar-refractivity contribution in [3.63, 3.8) is 0 Å². The summed E-state index contributed by atoms with van der Waals surface area (Å²) in [6, 6.07) is 12.0. The zero-order valence-electron chi connectivity index (χ0n) is 18.1. The van der Waals surface area contributed by atoms with Crippen LogP contribution in [0.3, 0.4) is 0 Å². The Kier molecular flexibility index (Phi) is 6.06. The molecule has 2 heterocycles. The van der Waals surface area contributed by atoms with Crippen molar-refractivity contribution in [1.82, 2.24) is 5.32 Å². The number of benzene rings is 2. The van der Waals surface area contributed by atoms with E-state index in [1.54, 1.807) is 6.07 Å². The van der Waals surface area contributed by atoms with Crippen molar-refractivity contribution in [2.24, 2.45) is 5.41 Å². The van der Waals surface area contributed by atoms with Gasteiger partial charge in [0, 0.05) is 34.7 Å². The SMILES string of the molecule is CC(c1occc(=O)c1OP)C1(CN[C@H]2c3ccccc3SCc3c2ccc(F)c3F)CC1. The molecular formula is C25H24F2NO3PS. The summed E-state index contributed by atoms with van der Waals surface area (Å²) in [7, 11) is 2.12. The molecule has 0 radical (unpaired) electrons. The second-order valence-electron chi connectivity index (χ2n) is 8.75. The van der Waals surface area contributed by atoms with Gasteiger partial charge in [-0.1, -0.05) is 31.2 Å². The van der Waals surface area contributed by atoms with E-state index in [1.807, 2.05) is 31.2 Å². The van der Waals surface area contributed by atoms with Crippen LogP contribution in [0.1, 0.15) is 54.2 Å². The first-order chi connectivity index (χ1) is 15.9. The fraction of sp³-hybridized carbons (Fsp3) is 0.320. The minimum Gasteiger partial charge on any atom is -0.473 e. The molecule has 3 aromatic rings. The maximum absolute atomic E-state index is 14.7. The van der Waals surface area contributed by atoms with Gasteiger partial charge in [0.15, 0.2) is 17.4 Å². The molecule has 1 fully saturated rings. The summed E-state index contributed by atoms with van der Waals surface area (Å²) in [6.45, 7) is 2.67. The molecule has 0 spiro atoms. The smallest absolute Gasteiger partial charge is 0.227 e. The van der Waals surface area contributed by atoms with Crippen molar-refractivity contribution in [2.75, 3.05) is 6.54 Å². The van der Waals surface area contributed by atoms with Crippen LogP contribution in [0, 0.1) is 17.0 Å². The average molecular weight is 488 g/mol. The van der Waals surface area contributed by atoms with Gasteiger partial charge >= 0.3 is 0 Å². The number of nitrogens with one attached hydrogen (secondary N) is 1. The van der Waals surface area contributed by atoms with Crippen molar-refractivity contribution in [2.45, 2.75) is 42.4 Å². The lowest BCUT2D eigenvalue weighted by molar-refractivity contribution is 0.317. The Morgan fingerprint density at radius 1 is 1.21 bits per heavy atom. The van der Waals surface area contributed by atoms with Gasteiger partial charge in [-0.3, -0.25) is 4.79 Å². The molecule has 4 nitrogen and oxygen atoms in total. The molecule has 3 atom stereocenters. The van der Waals surface area contributed by atoms with Crippen LogP contribution < -0.4 is 15.3 Å². The van der Waals surface area contributed by atoms with Crippen LogP contribution in [-0.2, 0) is 5.75 Å². The predicted octanol–water partition coefficient (Wildman–Crippen LogP) is 5.96. The van der Waals surface area contributed by atoms with Crippen LogP contribution in [0.5, 0.6) is 5.75 Å². The molecule has 5 rings (SSSR count). The Morgan fingerprint density at radius 2 is 2.00 bits per heavy atom. The second kappa shape index (κ2) is 8.86. The highest BCUT2D eigenvalue weighted by atomic mass is 32.2. The molecule has 172 valence electrons. The standard InChI is InChI=1S/C25H24F2NO3PS/c1-14(23-24(31-32)19(29)8-11-30-23)25(9-10-25)13-28-22-15-6-7-18(26)21(27)17(15)12-33-20-5-3-2-4-16(20)22/h2-8,11,14,22,28H,9-10,12-13,32H2,1H3/t14?,22-/m1/s1. The van der Waals surface area contributed by atoms with Crippen LogP contribution in [-0.4, -0.2) is 6.54 Å². The summed E-state index contributed by atoms with van der Waals surface area (Å²) in [6.07, 6.45) is 3.32. The first-order valence-electron chi connectivity index (χ1n) is 10.9. The van der Waals surface area contributed by atoms with E-state index in [1.165, 1.54) is 30.2 Å². The predicted molar refractivity (Wildman–Crippen MR) is 128 cm³/mol. The zero-order valence-corrected chi connectivity index (χ0v) is 20.0. The molecule has 2 unspecified atom stereocenters. The summed E-state index contributed by atoms with van der Waals surface area (Å²) >= 11 is 1.52. The van der Waals surface area contributed by atoms with Crippen molar-refractivity contribution in [3.05, 3.63) is 93.0 Å². The van der Waals surface area contributed by atoms with E-state index >= 15 is 0 Å². The number of rotatable bonds is 6. The van der Waals surface area contributed by atoms with E-state index in [0.29, 0.717) is 23.6 Å². The van der Waals surface area contributed by atoms with Gasteiger partial charge in [0.2, 0.25) is 11.2 Å². The van der Waals surface area contributed by atoms with Crippen LogP contribution in [0.2, 0.25) is 0 Å². The summed E-state index contributed by atoms with van der Waals surface area (Å²) < 4.78 is 39.7. The maximum atomic E-state index is 14.7. The fourth-order valence-corrected chi connectivity index (χ4v) is 6.11. The molecule has 1 aliphatic carbocycles. The summed E-state index contributed by atoms with van der Waals surface area (Å²) in [5.41, 5.74) is 1.87. The lowest BCUT2D eigenvalue weighted by atomic mass is 9.86. The Labute approximate surface area is 197 Å². The van der Waals surface area contributed by atoms with Crippen LogP contribution in [0.4, 0.5) is 8.78 Å². The normalized spacial score (nSPS) is 19.2. The quantitative estimate of drug-likeness (QED) is 0.435. The summed E-state index contributed by atoms with van der Waals surface area (Å²) in [4.78, 5) is 13.3. The first kappa shape index (κ1) is 22.6. The van der Waals surface area contributed by atoms with Crippen LogP contribution in [0.25, 0.3) is 0 Å². The Bertz CT molecular complexity index is 1260. The van der Waals surface area contributed by atoms with E-state index in [0.717, 1.165) is 28.9 Å². The third kappa shape index (κ3) is 4.01. The van der Waals surface area contributed by atoms with Gasteiger partial charge in [0.1, 0.15) is 0 Å². The van der Waals surface area contributed by atoms with Gasteiger partial charge in [-0.15, -0.1) is 11.8 Å². The number of thioether (sulfide) groups is 1. The summed E-state index contributed by atoms with van der Waals surface area (Å²) in [5.74, 6) is -0.547. The summed E-state index contributed by atoms with van der Waals surface area (Å²) in [5, 5.41) is 3.66. The second-order valence-corrected chi connectivity index (χ2v) is 10.0. The lowest BCUT2D eigenvalue weighted by Gasteiger charge is -2.28. The van der Waals surface area contributed by atoms with E-state index in [-0.39, 0.29) is 28.6 Å². The van der Waals surface area contributed by atoms with Gasteiger partial charge in [0.05, 0.1) is 21.8 Å². The molecule has 33 heavy (non-hydrogen) atoms. The van der Waals surface area contributed by atoms with Gasteiger partial charge < -0.3 is 14.3 Å². The minimum absolute atomic E-state index is 0.0609. The van der Waals surface area contributed by atoms with Gasteiger partial charge in [-0.25, -0.2) is 8.78 Å². The van der Waals surface area contributed by atoms with Gasteiger partial charge in [0.25, 0.3) is 0 Å². The minimum atomic E-state index is -0.824. The molecule has 1 saturated carbocycles. The van der Waals surface area contributed by atoms with E-state index in [4.69, 9.17) is 8.94 Å². The topological polar surface area (TPSA) is 51.5 Å². The van der Waals surface area contributed by atoms with E-state index in [9.17, 15) is 13.6 Å². The van der Waals surface area contributed by atoms with Gasteiger partial charge in [-0.2, -0.15) is 0 Å². The van der Waals surface area contributed by atoms with Crippen molar-refractivity contribution in [1.29, 1.82) is 0 Å². The third-order valence-corrected chi connectivity index (χ3v) is 8.34. The molecule has 0 saturated heterocycles. The van der Waals surface area contributed by atoms with Crippen molar-refractivity contribution in [3.8, 4) is 5.75 Å². The molecule has 1 aromatic heterocycles. The maximum Gasteiger partial charge on any atom is 0.227 e. The Hall–Kier alpha value is -2.21. The van der Waals surface area contributed by atoms with Gasteiger partial charge in [-0.05, 0) is 41.5 Å². The molecule has 8 heteroatoms. The van der Waals surface area contributed by atoms with Crippen LogP contribution >= 0.6 is 21.2 Å².